The fourth-order valence-electron chi connectivity index (χ4n) is 1.25. The van der Waals surface area contributed by atoms with Crippen molar-refractivity contribution < 1.29 is 0 Å². The van der Waals surface area contributed by atoms with E-state index in [1.54, 1.807) is 0 Å². The van der Waals surface area contributed by atoms with Gasteiger partial charge >= 0.3 is 0 Å². The molecule has 4 heteroatoms. The Morgan fingerprint density at radius 1 is 1.31 bits per heavy atom. The maximum Gasteiger partial charge on any atom is 0.129 e. The Morgan fingerprint density at radius 2 is 1.92 bits per heavy atom. The monoisotopic (exact) mass is 199 g/mol. The van der Waals surface area contributed by atoms with Crippen LogP contribution in [0.2, 0.25) is 0 Å². The maximum atomic E-state index is 5.39. The second-order valence-electron chi connectivity index (χ2n) is 3.25. The summed E-state index contributed by atoms with van der Waals surface area (Å²) in [6, 6.07) is 0. The number of halogens is 1. The molecule has 72 valence electrons. The molecule has 0 saturated heterocycles. The van der Waals surface area contributed by atoms with Crippen molar-refractivity contribution in [3.8, 4) is 0 Å². The van der Waals surface area contributed by atoms with Crippen LogP contribution >= 0.6 is 12.4 Å². The average molecular weight is 200 g/mol. The largest absolute Gasteiger partial charge is 0.330 e. The van der Waals surface area contributed by atoms with Crippen LogP contribution in [0.3, 0.4) is 0 Å². The number of nitrogens with zero attached hydrogens (tertiary/aromatic N) is 2. The molecule has 1 aromatic heterocycles. The highest BCUT2D eigenvalue weighted by molar-refractivity contribution is 5.85. The lowest BCUT2D eigenvalue weighted by Gasteiger charge is -1.98. The summed E-state index contributed by atoms with van der Waals surface area (Å²) in [7, 11) is 0. The van der Waals surface area contributed by atoms with Crippen LogP contribution in [0.5, 0.6) is 0 Å². The van der Waals surface area contributed by atoms with E-state index in [0.717, 1.165) is 18.2 Å². The SMILES string of the molecule is Cl.NCCc1ncc(C2CC2)cn1. The molecule has 0 aliphatic heterocycles. The Hall–Kier alpha value is -0.670. The fourth-order valence-corrected chi connectivity index (χ4v) is 1.25. The van der Waals surface area contributed by atoms with E-state index in [4.69, 9.17) is 5.73 Å². The molecule has 1 fully saturated rings. The van der Waals surface area contributed by atoms with Gasteiger partial charge in [-0.25, -0.2) is 9.97 Å². The van der Waals surface area contributed by atoms with Gasteiger partial charge < -0.3 is 5.73 Å². The molecule has 2 rings (SSSR count). The topological polar surface area (TPSA) is 51.8 Å². The molecule has 0 radical (unpaired) electrons. The summed E-state index contributed by atoms with van der Waals surface area (Å²) in [6.07, 6.45) is 7.27. The van der Waals surface area contributed by atoms with Crippen molar-refractivity contribution in [3.63, 3.8) is 0 Å². The lowest BCUT2D eigenvalue weighted by molar-refractivity contribution is 0.854. The van der Waals surface area contributed by atoms with Crippen molar-refractivity contribution >= 4 is 12.4 Å². The summed E-state index contributed by atoms with van der Waals surface area (Å²) in [4.78, 5) is 8.48. The van der Waals surface area contributed by atoms with Gasteiger partial charge in [-0.05, 0) is 30.9 Å². The molecule has 0 unspecified atom stereocenters. The molecule has 0 aromatic carbocycles. The van der Waals surface area contributed by atoms with Crippen LogP contribution in [0, 0.1) is 0 Å². The third-order valence-electron chi connectivity index (χ3n) is 2.14. The minimum atomic E-state index is 0. The summed E-state index contributed by atoms with van der Waals surface area (Å²) in [6.45, 7) is 0.628. The van der Waals surface area contributed by atoms with E-state index in [2.05, 4.69) is 9.97 Å². The first kappa shape index (κ1) is 10.4. The van der Waals surface area contributed by atoms with Gasteiger partial charge in [0.05, 0.1) is 0 Å². The normalized spacial score (nSPS) is 15.2. The van der Waals surface area contributed by atoms with Crippen molar-refractivity contribution in [1.82, 2.24) is 9.97 Å². The van der Waals surface area contributed by atoms with Crippen LogP contribution in [0.15, 0.2) is 12.4 Å². The van der Waals surface area contributed by atoms with E-state index < -0.39 is 0 Å². The molecule has 0 atom stereocenters. The molecule has 0 amide bonds. The van der Waals surface area contributed by atoms with Gasteiger partial charge in [0.25, 0.3) is 0 Å². The fraction of sp³-hybridized carbons (Fsp3) is 0.556. The smallest absolute Gasteiger partial charge is 0.129 e. The minimum absolute atomic E-state index is 0. The Labute approximate surface area is 84.2 Å². The van der Waals surface area contributed by atoms with Gasteiger partial charge in [-0.1, -0.05) is 0 Å². The highest BCUT2D eigenvalue weighted by Gasteiger charge is 2.23. The van der Waals surface area contributed by atoms with Gasteiger partial charge in [-0.3, -0.25) is 0 Å². The Morgan fingerprint density at radius 3 is 2.38 bits per heavy atom. The van der Waals surface area contributed by atoms with Crippen LogP contribution in [0.25, 0.3) is 0 Å². The molecule has 0 bridgehead atoms. The van der Waals surface area contributed by atoms with E-state index in [9.17, 15) is 0 Å². The summed E-state index contributed by atoms with van der Waals surface area (Å²) in [5.74, 6) is 1.61. The number of nitrogens with two attached hydrogens (primary N) is 1. The molecule has 13 heavy (non-hydrogen) atoms. The Bertz CT molecular complexity index is 256. The van der Waals surface area contributed by atoms with Gasteiger partial charge in [0, 0.05) is 18.8 Å². The van der Waals surface area contributed by atoms with Crippen molar-refractivity contribution in [2.75, 3.05) is 6.54 Å². The Balaban J connectivity index is 0.000000845. The minimum Gasteiger partial charge on any atom is -0.330 e. The van der Waals surface area contributed by atoms with E-state index in [0.29, 0.717) is 6.54 Å². The summed E-state index contributed by atoms with van der Waals surface area (Å²) < 4.78 is 0. The van der Waals surface area contributed by atoms with Crippen molar-refractivity contribution in [1.29, 1.82) is 0 Å². The third-order valence-corrected chi connectivity index (χ3v) is 2.14. The van der Waals surface area contributed by atoms with Crippen LogP contribution in [-0.2, 0) is 6.42 Å². The van der Waals surface area contributed by atoms with E-state index in [1.165, 1.54) is 18.4 Å². The summed E-state index contributed by atoms with van der Waals surface area (Å²) in [5, 5.41) is 0. The third kappa shape index (κ3) is 2.64. The predicted octanol–water partition coefficient (Wildman–Crippen LogP) is 1.28. The first-order valence-corrected chi connectivity index (χ1v) is 4.41. The number of hydrogen-bond acceptors (Lipinski definition) is 3. The van der Waals surface area contributed by atoms with Gasteiger partial charge in [0.1, 0.15) is 5.82 Å². The van der Waals surface area contributed by atoms with E-state index in [-0.39, 0.29) is 12.4 Å². The molecule has 1 aliphatic rings. The van der Waals surface area contributed by atoms with Crippen LogP contribution in [-0.4, -0.2) is 16.5 Å². The van der Waals surface area contributed by atoms with Crippen LogP contribution in [0.4, 0.5) is 0 Å². The molecular formula is C9H14ClN3. The standard InChI is InChI=1S/C9H13N3.ClH/c10-4-3-9-11-5-8(6-12-9)7-1-2-7;/h5-7H,1-4,10H2;1H. The zero-order chi connectivity index (χ0) is 8.39. The van der Waals surface area contributed by atoms with Crippen LogP contribution < -0.4 is 5.73 Å². The quantitative estimate of drug-likeness (QED) is 0.798. The molecule has 1 aliphatic carbocycles. The Kier molecular flexibility index (Phi) is 3.63. The van der Waals surface area contributed by atoms with E-state index >= 15 is 0 Å². The molecule has 1 heterocycles. The van der Waals surface area contributed by atoms with Crippen LogP contribution in [0.1, 0.15) is 30.1 Å². The molecule has 1 saturated carbocycles. The zero-order valence-corrected chi connectivity index (χ0v) is 8.26. The second-order valence-corrected chi connectivity index (χ2v) is 3.25. The molecule has 3 nitrogen and oxygen atoms in total. The highest BCUT2D eigenvalue weighted by atomic mass is 35.5. The first-order chi connectivity index (χ1) is 5.90. The first-order valence-electron chi connectivity index (χ1n) is 4.41. The van der Waals surface area contributed by atoms with Crippen molar-refractivity contribution in [2.45, 2.75) is 25.2 Å². The molecule has 2 N–H and O–H groups in total. The van der Waals surface area contributed by atoms with Crippen molar-refractivity contribution in [3.05, 3.63) is 23.8 Å². The predicted molar refractivity (Wildman–Crippen MR) is 54.0 cm³/mol. The van der Waals surface area contributed by atoms with Crippen molar-refractivity contribution in [2.24, 2.45) is 5.73 Å². The lowest BCUT2D eigenvalue weighted by atomic mass is 10.2. The molecule has 0 spiro atoms. The molecule has 1 aromatic rings. The van der Waals surface area contributed by atoms with E-state index in [1.807, 2.05) is 12.4 Å². The highest BCUT2D eigenvalue weighted by Crippen LogP contribution is 2.39. The van der Waals surface area contributed by atoms with Gasteiger partial charge in [0.2, 0.25) is 0 Å². The molecular weight excluding hydrogens is 186 g/mol. The lowest BCUT2D eigenvalue weighted by Crippen LogP contribution is -2.06. The number of aromatic nitrogens is 2. The zero-order valence-electron chi connectivity index (χ0n) is 7.44. The summed E-state index contributed by atoms with van der Waals surface area (Å²) >= 11 is 0. The number of rotatable bonds is 3. The van der Waals surface area contributed by atoms with Gasteiger partial charge in [-0.15, -0.1) is 12.4 Å². The number of hydrogen-bond donors (Lipinski definition) is 1. The van der Waals surface area contributed by atoms with Gasteiger partial charge in [-0.2, -0.15) is 0 Å². The van der Waals surface area contributed by atoms with Gasteiger partial charge in [0.15, 0.2) is 0 Å². The maximum absolute atomic E-state index is 5.39. The second kappa shape index (κ2) is 4.53. The summed E-state index contributed by atoms with van der Waals surface area (Å²) in [5.41, 5.74) is 6.68. The average Bonchev–Trinajstić information content (AvgIpc) is 2.89.